The Labute approximate surface area is 169 Å². The van der Waals surface area contributed by atoms with E-state index in [0.29, 0.717) is 22.8 Å². The summed E-state index contributed by atoms with van der Waals surface area (Å²) in [5, 5.41) is 3.10. The third-order valence-corrected chi connectivity index (χ3v) is 5.07. The van der Waals surface area contributed by atoms with E-state index in [9.17, 15) is 9.59 Å². The first kappa shape index (κ1) is 18.9. The maximum atomic E-state index is 12.5. The van der Waals surface area contributed by atoms with Crippen molar-refractivity contribution >= 4 is 49.7 Å². The summed E-state index contributed by atoms with van der Waals surface area (Å²) in [5.41, 5.74) is 1.84. The maximum absolute atomic E-state index is 12.5. The summed E-state index contributed by atoms with van der Waals surface area (Å²) in [6, 6.07) is 10.4. The van der Waals surface area contributed by atoms with E-state index in [4.69, 9.17) is 13.9 Å². The summed E-state index contributed by atoms with van der Waals surface area (Å²) in [5.74, 6) is -0.390. The van der Waals surface area contributed by atoms with Gasteiger partial charge in [0.15, 0.2) is 23.2 Å². The lowest BCUT2D eigenvalue weighted by molar-refractivity contribution is -0.123. The van der Waals surface area contributed by atoms with Gasteiger partial charge >= 0.3 is 5.97 Å². The second-order valence-electron chi connectivity index (χ2n) is 6.12. The van der Waals surface area contributed by atoms with Gasteiger partial charge in [0, 0.05) is 0 Å². The quantitative estimate of drug-likeness (QED) is 0.478. The molecule has 1 N–H and O–H groups in total. The Morgan fingerprint density at radius 2 is 2.14 bits per heavy atom. The molecule has 9 heteroatoms. The monoisotopic (exact) mass is 411 g/mol. The summed E-state index contributed by atoms with van der Waals surface area (Å²) in [6.07, 6.45) is 0.234. The molecule has 29 heavy (non-hydrogen) atoms. The van der Waals surface area contributed by atoms with E-state index in [0.717, 1.165) is 16.0 Å². The molecule has 2 aromatic carbocycles. The molecule has 2 heterocycles. The van der Waals surface area contributed by atoms with E-state index in [1.807, 2.05) is 25.1 Å². The molecule has 0 fully saturated rings. The van der Waals surface area contributed by atoms with E-state index in [-0.39, 0.29) is 5.56 Å². The van der Waals surface area contributed by atoms with E-state index in [1.54, 1.807) is 18.2 Å². The summed E-state index contributed by atoms with van der Waals surface area (Å²) in [7, 11) is 0. The SMILES string of the molecule is CCOc1ccc2nc(NC(=O)C(C)OC(=O)c3cccc4ocnc34)sc2c1. The van der Waals surface area contributed by atoms with Crippen LogP contribution < -0.4 is 10.1 Å². The van der Waals surface area contributed by atoms with Gasteiger partial charge in [-0.2, -0.15) is 0 Å². The molecule has 0 saturated heterocycles. The number of benzene rings is 2. The minimum atomic E-state index is -1.02. The standard InChI is InChI=1S/C20H17N3O5S/c1-3-26-12-7-8-14-16(9-12)29-20(22-14)23-18(24)11(2)28-19(25)13-5-4-6-15-17(13)21-10-27-15/h4-11H,3H2,1-2H3,(H,22,23,24). The fraction of sp³-hybridized carbons (Fsp3) is 0.200. The van der Waals surface area contributed by atoms with Crippen molar-refractivity contribution < 1.29 is 23.5 Å². The highest BCUT2D eigenvalue weighted by Gasteiger charge is 2.22. The fourth-order valence-electron chi connectivity index (χ4n) is 2.75. The number of esters is 1. The summed E-state index contributed by atoms with van der Waals surface area (Å²) < 4.78 is 16.8. The van der Waals surface area contributed by atoms with Crippen LogP contribution in [0.15, 0.2) is 47.2 Å². The van der Waals surface area contributed by atoms with Crippen LogP contribution in [0.5, 0.6) is 5.75 Å². The van der Waals surface area contributed by atoms with Gasteiger partial charge in [-0.3, -0.25) is 10.1 Å². The summed E-state index contributed by atoms with van der Waals surface area (Å²) in [4.78, 5) is 33.3. The minimum absolute atomic E-state index is 0.236. The number of aromatic nitrogens is 2. The van der Waals surface area contributed by atoms with Gasteiger partial charge in [-0.15, -0.1) is 0 Å². The lowest BCUT2D eigenvalue weighted by atomic mass is 10.2. The highest BCUT2D eigenvalue weighted by molar-refractivity contribution is 7.22. The normalized spacial score (nSPS) is 12.1. The van der Waals surface area contributed by atoms with Crippen molar-refractivity contribution in [2.24, 2.45) is 0 Å². The molecular formula is C20H17N3O5S. The van der Waals surface area contributed by atoms with Gasteiger partial charge in [-0.25, -0.2) is 14.8 Å². The zero-order chi connectivity index (χ0) is 20.4. The number of hydrogen-bond acceptors (Lipinski definition) is 8. The first-order valence-corrected chi connectivity index (χ1v) is 9.74. The number of fused-ring (bicyclic) bond motifs is 2. The van der Waals surface area contributed by atoms with Crippen LogP contribution in [0.25, 0.3) is 21.3 Å². The van der Waals surface area contributed by atoms with E-state index >= 15 is 0 Å². The van der Waals surface area contributed by atoms with E-state index < -0.39 is 18.0 Å². The van der Waals surface area contributed by atoms with Crippen molar-refractivity contribution in [3.05, 3.63) is 48.4 Å². The third-order valence-electron chi connectivity index (χ3n) is 4.13. The Morgan fingerprint density at radius 3 is 2.97 bits per heavy atom. The molecule has 1 amide bonds. The van der Waals surface area contributed by atoms with Crippen LogP contribution in [-0.4, -0.2) is 34.6 Å². The number of thiazole rings is 1. The number of oxazole rings is 1. The number of hydrogen-bond donors (Lipinski definition) is 1. The largest absolute Gasteiger partial charge is 0.494 e. The molecule has 1 unspecified atom stereocenters. The van der Waals surface area contributed by atoms with Gasteiger partial charge in [0.1, 0.15) is 11.3 Å². The predicted molar refractivity (Wildman–Crippen MR) is 108 cm³/mol. The van der Waals surface area contributed by atoms with Crippen molar-refractivity contribution in [3.8, 4) is 5.75 Å². The van der Waals surface area contributed by atoms with Crippen molar-refractivity contribution in [2.45, 2.75) is 20.0 Å². The van der Waals surface area contributed by atoms with Gasteiger partial charge < -0.3 is 13.9 Å². The average molecular weight is 411 g/mol. The number of carbonyl (C=O) groups is 2. The molecule has 148 valence electrons. The van der Waals surface area contributed by atoms with Gasteiger partial charge in [-0.1, -0.05) is 17.4 Å². The van der Waals surface area contributed by atoms with Crippen LogP contribution in [0.3, 0.4) is 0 Å². The second-order valence-corrected chi connectivity index (χ2v) is 7.15. The van der Waals surface area contributed by atoms with Crippen molar-refractivity contribution in [1.82, 2.24) is 9.97 Å². The predicted octanol–water partition coefficient (Wildman–Crippen LogP) is 4.02. The molecule has 0 saturated carbocycles. The summed E-state index contributed by atoms with van der Waals surface area (Å²) in [6.45, 7) is 3.98. The molecule has 0 aliphatic rings. The molecule has 4 rings (SSSR count). The van der Waals surface area contributed by atoms with E-state index in [1.165, 1.54) is 24.7 Å². The molecule has 0 bridgehead atoms. The third kappa shape index (κ3) is 3.90. The Kier molecular flexibility index (Phi) is 5.13. The van der Waals surface area contributed by atoms with Crippen LogP contribution >= 0.6 is 11.3 Å². The molecule has 0 radical (unpaired) electrons. The Morgan fingerprint density at radius 1 is 1.28 bits per heavy atom. The first-order valence-electron chi connectivity index (χ1n) is 8.92. The zero-order valence-electron chi connectivity index (χ0n) is 15.7. The molecule has 0 aliphatic heterocycles. The number of ether oxygens (including phenoxy) is 2. The van der Waals surface area contributed by atoms with Crippen LogP contribution in [-0.2, 0) is 9.53 Å². The van der Waals surface area contributed by atoms with Crippen LogP contribution in [0.4, 0.5) is 5.13 Å². The average Bonchev–Trinajstić information content (AvgIpc) is 3.33. The van der Waals surface area contributed by atoms with Gasteiger partial charge in [0.25, 0.3) is 5.91 Å². The number of nitrogens with one attached hydrogen (secondary N) is 1. The topological polar surface area (TPSA) is 104 Å². The van der Waals surface area contributed by atoms with Crippen LogP contribution in [0.1, 0.15) is 24.2 Å². The molecule has 2 aromatic heterocycles. The van der Waals surface area contributed by atoms with E-state index in [2.05, 4.69) is 15.3 Å². The highest BCUT2D eigenvalue weighted by Crippen LogP contribution is 2.29. The maximum Gasteiger partial charge on any atom is 0.341 e. The number of anilines is 1. The first-order chi connectivity index (χ1) is 14.0. The Hall–Kier alpha value is -3.46. The lowest BCUT2D eigenvalue weighted by Crippen LogP contribution is -2.30. The van der Waals surface area contributed by atoms with Crippen molar-refractivity contribution in [2.75, 3.05) is 11.9 Å². The number of amides is 1. The second kappa shape index (κ2) is 7.88. The minimum Gasteiger partial charge on any atom is -0.494 e. The Bertz CT molecular complexity index is 1200. The number of carbonyl (C=O) groups excluding carboxylic acids is 2. The fourth-order valence-corrected chi connectivity index (χ4v) is 3.65. The Balaban J connectivity index is 1.44. The molecule has 8 nitrogen and oxygen atoms in total. The highest BCUT2D eigenvalue weighted by atomic mass is 32.1. The van der Waals surface area contributed by atoms with Crippen molar-refractivity contribution in [3.63, 3.8) is 0 Å². The van der Waals surface area contributed by atoms with Crippen molar-refractivity contribution in [1.29, 1.82) is 0 Å². The molecule has 4 aromatic rings. The van der Waals surface area contributed by atoms with Crippen LogP contribution in [0, 0.1) is 0 Å². The molecule has 1 atom stereocenters. The van der Waals surface area contributed by atoms with Gasteiger partial charge in [0.2, 0.25) is 0 Å². The molecule has 0 aliphatic carbocycles. The smallest absolute Gasteiger partial charge is 0.341 e. The van der Waals surface area contributed by atoms with Gasteiger partial charge in [-0.05, 0) is 44.2 Å². The number of para-hydroxylation sites is 1. The molecular weight excluding hydrogens is 394 g/mol. The zero-order valence-corrected chi connectivity index (χ0v) is 16.5. The lowest BCUT2D eigenvalue weighted by Gasteiger charge is -2.12. The van der Waals surface area contributed by atoms with Crippen LogP contribution in [0.2, 0.25) is 0 Å². The van der Waals surface area contributed by atoms with Gasteiger partial charge in [0.05, 0.1) is 22.4 Å². The number of nitrogens with zero attached hydrogens (tertiary/aromatic N) is 2. The molecule has 0 spiro atoms. The number of rotatable bonds is 6. The summed E-state index contributed by atoms with van der Waals surface area (Å²) >= 11 is 1.32.